The van der Waals surface area contributed by atoms with Crippen molar-refractivity contribution in [3.05, 3.63) is 112 Å². The molecule has 1 N–H and O–H groups in total. The van der Waals surface area contributed by atoms with Crippen LogP contribution in [0.3, 0.4) is 0 Å². The van der Waals surface area contributed by atoms with Crippen LogP contribution in [0.4, 0.5) is 17.1 Å². The van der Waals surface area contributed by atoms with Gasteiger partial charge in [0.25, 0.3) is 0 Å². The lowest BCUT2D eigenvalue weighted by atomic mass is 10.2. The van der Waals surface area contributed by atoms with E-state index in [4.69, 9.17) is 10.1 Å². The molecular formula is C25H19N5S2. The van der Waals surface area contributed by atoms with E-state index in [1.165, 1.54) is 0 Å². The van der Waals surface area contributed by atoms with Gasteiger partial charge in [0.05, 0.1) is 28.7 Å². The second-order valence-corrected chi connectivity index (χ2v) is 8.66. The summed E-state index contributed by atoms with van der Waals surface area (Å²) in [6.45, 7) is 0. The topological polar surface area (TPSA) is 54.6 Å². The van der Waals surface area contributed by atoms with Crippen LogP contribution in [0, 0.1) is 0 Å². The Morgan fingerprint density at radius 2 is 1.69 bits per heavy atom. The molecule has 5 aromatic rings. The predicted octanol–water partition coefficient (Wildman–Crippen LogP) is 6.53. The average molecular weight is 454 g/mol. The van der Waals surface area contributed by atoms with E-state index in [0.717, 1.165) is 38.0 Å². The molecule has 156 valence electrons. The van der Waals surface area contributed by atoms with E-state index in [2.05, 4.69) is 27.1 Å². The van der Waals surface area contributed by atoms with E-state index < -0.39 is 0 Å². The van der Waals surface area contributed by atoms with E-state index in [1.54, 1.807) is 35.1 Å². The van der Waals surface area contributed by atoms with Crippen molar-refractivity contribution >= 4 is 46.0 Å². The highest BCUT2D eigenvalue weighted by atomic mass is 32.1. The summed E-state index contributed by atoms with van der Waals surface area (Å²) in [5.74, 6) is 0. The zero-order chi connectivity index (χ0) is 21.6. The van der Waals surface area contributed by atoms with Gasteiger partial charge in [-0.1, -0.05) is 36.4 Å². The summed E-state index contributed by atoms with van der Waals surface area (Å²) in [6, 6.07) is 26.3. The zero-order valence-electron chi connectivity index (χ0n) is 17.0. The molecule has 0 saturated carbocycles. The van der Waals surface area contributed by atoms with E-state index in [0.29, 0.717) is 0 Å². The molecule has 0 aliphatic carbocycles. The number of rotatable bonds is 6. The third-order valence-electron chi connectivity index (χ3n) is 4.63. The molecule has 7 heteroatoms. The second kappa shape index (κ2) is 9.55. The van der Waals surface area contributed by atoms with Crippen LogP contribution >= 0.6 is 22.7 Å². The maximum absolute atomic E-state index is 4.78. The molecule has 0 spiro atoms. The lowest BCUT2D eigenvalue weighted by Crippen LogP contribution is -2.11. The number of nitrogens with one attached hydrogen (secondary N) is 1. The maximum atomic E-state index is 4.78. The molecule has 0 radical (unpaired) electrons. The Balaban J connectivity index is 1.45. The first kappa shape index (κ1) is 20.1. The minimum Gasteiger partial charge on any atom is -0.356 e. The number of thiazole rings is 1. The second-order valence-electron chi connectivity index (χ2n) is 6.87. The van der Waals surface area contributed by atoms with Crippen molar-refractivity contribution < 1.29 is 0 Å². The summed E-state index contributed by atoms with van der Waals surface area (Å²) >= 11 is 3.24. The molecule has 0 unspecified atom stereocenters. The molecule has 0 atom stereocenters. The monoisotopic (exact) mass is 453 g/mol. The number of para-hydroxylation sites is 1. The summed E-state index contributed by atoms with van der Waals surface area (Å²) in [7, 11) is 0. The van der Waals surface area contributed by atoms with Crippen LogP contribution < -0.4 is 10.1 Å². The molecule has 2 aromatic carbocycles. The summed E-state index contributed by atoms with van der Waals surface area (Å²) in [5, 5.41) is 12.3. The summed E-state index contributed by atoms with van der Waals surface area (Å²) < 4.78 is 1.89. The molecular weight excluding hydrogens is 434 g/mol. The largest absolute Gasteiger partial charge is 0.356 e. The highest BCUT2D eigenvalue weighted by molar-refractivity contribution is 7.14. The predicted molar refractivity (Wildman–Crippen MR) is 134 cm³/mol. The molecule has 0 fully saturated rings. The van der Waals surface area contributed by atoms with E-state index >= 15 is 0 Å². The fourth-order valence-electron chi connectivity index (χ4n) is 3.08. The number of anilines is 2. The van der Waals surface area contributed by atoms with Gasteiger partial charge in [0.2, 0.25) is 4.80 Å². The van der Waals surface area contributed by atoms with Gasteiger partial charge >= 0.3 is 0 Å². The minimum atomic E-state index is 0.792. The van der Waals surface area contributed by atoms with Gasteiger partial charge in [0.1, 0.15) is 0 Å². The number of hydrogen-bond donors (Lipinski definition) is 1. The Morgan fingerprint density at radius 1 is 0.844 bits per heavy atom. The number of aromatic nitrogens is 2. The van der Waals surface area contributed by atoms with Crippen LogP contribution in [0.15, 0.2) is 112 Å². The first-order valence-electron chi connectivity index (χ1n) is 10.0. The fraction of sp³-hybridized carbons (Fsp3) is 0. The first-order valence-corrected chi connectivity index (χ1v) is 11.8. The Kier molecular flexibility index (Phi) is 6.00. The van der Waals surface area contributed by atoms with Crippen LogP contribution in [0.5, 0.6) is 0 Å². The quantitative estimate of drug-likeness (QED) is 0.297. The summed E-state index contributed by atoms with van der Waals surface area (Å²) in [5.41, 5.74) is 4.92. The standard InChI is InChI=1S/C25H19N5S2/c1-2-6-20(7-3-1)28-21-12-10-19(11-13-21)16-27-30-23(24-9-5-15-31-24)18-32-25(30)29-22-8-4-14-26-17-22/h1-18,28H. The Morgan fingerprint density at radius 3 is 2.44 bits per heavy atom. The van der Waals surface area contributed by atoms with E-state index in [9.17, 15) is 0 Å². The molecule has 5 nitrogen and oxygen atoms in total. The fourth-order valence-corrected chi connectivity index (χ4v) is 4.73. The van der Waals surface area contributed by atoms with Crippen LogP contribution in [0.1, 0.15) is 5.56 Å². The lowest BCUT2D eigenvalue weighted by molar-refractivity contribution is 0.856. The van der Waals surface area contributed by atoms with Gasteiger partial charge in [-0.2, -0.15) is 5.10 Å². The Bertz CT molecular complexity index is 1370. The number of nitrogens with zero attached hydrogens (tertiary/aromatic N) is 4. The highest BCUT2D eigenvalue weighted by Crippen LogP contribution is 2.25. The molecule has 0 bridgehead atoms. The number of hydrogen-bond acceptors (Lipinski definition) is 6. The molecule has 5 rings (SSSR count). The summed E-state index contributed by atoms with van der Waals surface area (Å²) in [6.07, 6.45) is 5.35. The van der Waals surface area contributed by atoms with Gasteiger partial charge in [0, 0.05) is 23.0 Å². The van der Waals surface area contributed by atoms with Crippen molar-refractivity contribution in [3.63, 3.8) is 0 Å². The molecule has 0 amide bonds. The third-order valence-corrected chi connectivity index (χ3v) is 6.33. The van der Waals surface area contributed by atoms with Crippen molar-refractivity contribution in [2.45, 2.75) is 0 Å². The Hall–Kier alpha value is -3.81. The van der Waals surface area contributed by atoms with Crippen molar-refractivity contribution in [1.29, 1.82) is 0 Å². The Labute approximate surface area is 193 Å². The highest BCUT2D eigenvalue weighted by Gasteiger charge is 2.08. The molecule has 3 aromatic heterocycles. The average Bonchev–Trinajstić information content (AvgIpc) is 3.50. The maximum Gasteiger partial charge on any atom is 0.211 e. The van der Waals surface area contributed by atoms with E-state index in [-0.39, 0.29) is 0 Å². The summed E-state index contributed by atoms with van der Waals surface area (Å²) in [4.78, 5) is 10.8. The molecule has 3 heterocycles. The molecule has 32 heavy (non-hydrogen) atoms. The number of thiophene rings is 1. The van der Waals surface area contributed by atoms with Crippen molar-refractivity contribution in [1.82, 2.24) is 9.66 Å². The van der Waals surface area contributed by atoms with Gasteiger partial charge < -0.3 is 5.32 Å². The van der Waals surface area contributed by atoms with Gasteiger partial charge in [-0.3, -0.25) is 4.98 Å². The van der Waals surface area contributed by atoms with Crippen LogP contribution in [0.2, 0.25) is 0 Å². The zero-order valence-corrected chi connectivity index (χ0v) is 18.6. The third kappa shape index (κ3) is 4.74. The van der Waals surface area contributed by atoms with Gasteiger partial charge in [0.15, 0.2) is 0 Å². The van der Waals surface area contributed by atoms with Crippen LogP contribution in [-0.4, -0.2) is 15.9 Å². The van der Waals surface area contributed by atoms with Gasteiger partial charge in [-0.25, -0.2) is 9.67 Å². The van der Waals surface area contributed by atoms with Gasteiger partial charge in [-0.05, 0) is 53.4 Å². The number of benzene rings is 2. The molecule has 0 saturated heterocycles. The van der Waals surface area contributed by atoms with E-state index in [1.807, 2.05) is 83.7 Å². The molecule has 0 aliphatic heterocycles. The van der Waals surface area contributed by atoms with Crippen molar-refractivity contribution in [3.8, 4) is 10.6 Å². The SMILES string of the molecule is C(=Nn1c(-c2cccs2)csc1=Nc1cccnc1)c1ccc(Nc2ccccc2)cc1. The van der Waals surface area contributed by atoms with Crippen molar-refractivity contribution in [2.75, 3.05) is 5.32 Å². The number of pyridine rings is 1. The first-order chi connectivity index (χ1) is 15.8. The van der Waals surface area contributed by atoms with Crippen LogP contribution in [-0.2, 0) is 0 Å². The van der Waals surface area contributed by atoms with Crippen molar-refractivity contribution in [2.24, 2.45) is 10.1 Å². The smallest absolute Gasteiger partial charge is 0.211 e. The lowest BCUT2D eigenvalue weighted by Gasteiger charge is -2.06. The molecule has 0 aliphatic rings. The normalized spacial score (nSPS) is 11.8. The van der Waals surface area contributed by atoms with Crippen LogP contribution in [0.25, 0.3) is 10.6 Å². The minimum absolute atomic E-state index is 0.792. The van der Waals surface area contributed by atoms with Gasteiger partial charge in [-0.15, -0.1) is 22.7 Å².